The number of nitrogen functional groups attached to an aromatic ring is 2. The van der Waals surface area contributed by atoms with E-state index in [9.17, 15) is 4.79 Å². The number of ether oxygens (including phenoxy) is 2. The highest BCUT2D eigenvalue weighted by Crippen LogP contribution is 2.34. The summed E-state index contributed by atoms with van der Waals surface area (Å²) in [4.78, 5) is 11.3. The lowest BCUT2D eigenvalue weighted by atomic mass is 9.78. The van der Waals surface area contributed by atoms with Crippen molar-refractivity contribution < 1.29 is 14.3 Å². The highest BCUT2D eigenvalue weighted by atomic mass is 16.5. The average Bonchev–Trinajstić information content (AvgIpc) is 2.49. The SMILES string of the molecule is CC1(C)CCCCC1.COC(=O)c1cc(N)c(N)cc1OC. The van der Waals surface area contributed by atoms with Gasteiger partial charge in [-0.15, -0.1) is 0 Å². The van der Waals surface area contributed by atoms with Crippen LogP contribution < -0.4 is 16.2 Å². The molecule has 0 bridgehead atoms. The molecule has 1 aromatic rings. The summed E-state index contributed by atoms with van der Waals surface area (Å²) in [6.07, 6.45) is 7.31. The second-order valence-electron chi connectivity index (χ2n) is 6.40. The number of methoxy groups -OCH3 is 2. The van der Waals surface area contributed by atoms with Gasteiger partial charge in [0.05, 0.1) is 25.6 Å². The van der Waals surface area contributed by atoms with Gasteiger partial charge in [0.2, 0.25) is 0 Å². The summed E-state index contributed by atoms with van der Waals surface area (Å²) in [5.74, 6) is -0.155. The van der Waals surface area contributed by atoms with Gasteiger partial charge >= 0.3 is 5.97 Å². The molecule has 1 fully saturated rings. The molecule has 0 atom stereocenters. The molecule has 1 aliphatic rings. The Hall–Kier alpha value is -1.91. The van der Waals surface area contributed by atoms with Crippen molar-refractivity contribution in [1.29, 1.82) is 0 Å². The Morgan fingerprint density at radius 1 is 1.05 bits per heavy atom. The number of nitrogens with two attached hydrogens (primary N) is 2. The van der Waals surface area contributed by atoms with Gasteiger partial charge < -0.3 is 20.9 Å². The van der Waals surface area contributed by atoms with Crippen molar-refractivity contribution in [2.24, 2.45) is 5.41 Å². The third-order valence-corrected chi connectivity index (χ3v) is 4.02. The first kappa shape index (κ1) is 18.1. The molecule has 0 unspecified atom stereocenters. The zero-order valence-electron chi connectivity index (χ0n) is 14.1. The lowest BCUT2D eigenvalue weighted by Gasteiger charge is -2.28. The minimum absolute atomic E-state index is 0.265. The predicted octanol–water partition coefficient (Wildman–Crippen LogP) is 3.62. The van der Waals surface area contributed by atoms with Gasteiger partial charge in [-0.2, -0.15) is 0 Å². The number of hydrogen-bond acceptors (Lipinski definition) is 5. The van der Waals surface area contributed by atoms with Gasteiger partial charge in [-0.3, -0.25) is 0 Å². The Labute approximate surface area is 133 Å². The van der Waals surface area contributed by atoms with E-state index >= 15 is 0 Å². The highest BCUT2D eigenvalue weighted by Gasteiger charge is 2.20. The second kappa shape index (κ2) is 7.92. The minimum Gasteiger partial charge on any atom is -0.496 e. The van der Waals surface area contributed by atoms with E-state index in [1.165, 1.54) is 58.5 Å². The molecule has 124 valence electrons. The van der Waals surface area contributed by atoms with Gasteiger partial charge in [0.25, 0.3) is 0 Å². The van der Waals surface area contributed by atoms with Gasteiger partial charge in [0.1, 0.15) is 11.3 Å². The maximum Gasteiger partial charge on any atom is 0.341 e. The number of carbonyl (C=O) groups excluding carboxylic acids is 1. The Kier molecular flexibility index (Phi) is 6.53. The fraction of sp³-hybridized carbons (Fsp3) is 0.588. The molecule has 0 aliphatic heterocycles. The largest absolute Gasteiger partial charge is 0.496 e. The molecule has 2 rings (SSSR count). The monoisotopic (exact) mass is 308 g/mol. The van der Waals surface area contributed by atoms with Gasteiger partial charge in [-0.25, -0.2) is 4.79 Å². The van der Waals surface area contributed by atoms with E-state index in [0.29, 0.717) is 22.5 Å². The molecule has 22 heavy (non-hydrogen) atoms. The third-order valence-electron chi connectivity index (χ3n) is 4.02. The quantitative estimate of drug-likeness (QED) is 0.643. The normalized spacial score (nSPS) is 16.2. The van der Waals surface area contributed by atoms with Crippen LogP contribution in [-0.2, 0) is 4.74 Å². The summed E-state index contributed by atoms with van der Waals surface area (Å²) in [6.45, 7) is 4.76. The van der Waals surface area contributed by atoms with Crippen LogP contribution in [0.25, 0.3) is 0 Å². The second-order valence-corrected chi connectivity index (χ2v) is 6.40. The number of benzene rings is 1. The van der Waals surface area contributed by atoms with E-state index in [1.54, 1.807) is 0 Å². The van der Waals surface area contributed by atoms with Crippen LogP contribution >= 0.6 is 0 Å². The molecule has 0 spiro atoms. The molecule has 1 aliphatic carbocycles. The Balaban J connectivity index is 0.000000255. The summed E-state index contributed by atoms with van der Waals surface area (Å²) in [7, 11) is 2.73. The predicted molar refractivity (Wildman–Crippen MR) is 90.0 cm³/mol. The number of rotatable bonds is 2. The van der Waals surface area contributed by atoms with Crippen molar-refractivity contribution in [3.8, 4) is 5.75 Å². The highest BCUT2D eigenvalue weighted by molar-refractivity contribution is 5.95. The number of esters is 1. The first-order chi connectivity index (χ1) is 10.3. The third kappa shape index (κ3) is 5.13. The maximum absolute atomic E-state index is 11.3. The lowest BCUT2D eigenvalue weighted by molar-refractivity contribution is 0.0597. The van der Waals surface area contributed by atoms with Crippen molar-refractivity contribution in [2.45, 2.75) is 46.0 Å². The van der Waals surface area contributed by atoms with Crippen molar-refractivity contribution in [3.63, 3.8) is 0 Å². The van der Waals surface area contributed by atoms with Gasteiger partial charge in [0.15, 0.2) is 0 Å². The van der Waals surface area contributed by atoms with Crippen LogP contribution in [0.5, 0.6) is 5.75 Å². The van der Waals surface area contributed by atoms with Crippen molar-refractivity contribution in [1.82, 2.24) is 0 Å². The summed E-state index contributed by atoms with van der Waals surface area (Å²) in [6, 6.07) is 2.92. The Morgan fingerprint density at radius 3 is 2.00 bits per heavy atom. The smallest absolute Gasteiger partial charge is 0.341 e. The lowest BCUT2D eigenvalue weighted by Crippen LogP contribution is -2.14. The topological polar surface area (TPSA) is 87.6 Å². The van der Waals surface area contributed by atoms with Crippen LogP contribution in [0.3, 0.4) is 0 Å². The van der Waals surface area contributed by atoms with Gasteiger partial charge in [-0.05, 0) is 24.3 Å². The average molecular weight is 308 g/mol. The van der Waals surface area contributed by atoms with Crippen molar-refractivity contribution >= 4 is 17.3 Å². The molecule has 1 saturated carbocycles. The van der Waals surface area contributed by atoms with Crippen molar-refractivity contribution in [3.05, 3.63) is 17.7 Å². The van der Waals surface area contributed by atoms with Crippen LogP contribution in [0, 0.1) is 5.41 Å². The summed E-state index contributed by atoms with van der Waals surface area (Å²) in [5, 5.41) is 0. The minimum atomic E-state index is -0.506. The summed E-state index contributed by atoms with van der Waals surface area (Å²) >= 11 is 0. The van der Waals surface area contributed by atoms with Crippen LogP contribution in [-0.4, -0.2) is 20.2 Å². The molecular weight excluding hydrogens is 280 g/mol. The van der Waals surface area contributed by atoms with Gasteiger partial charge in [0, 0.05) is 6.07 Å². The Bertz CT molecular complexity index is 505. The van der Waals surface area contributed by atoms with E-state index in [4.69, 9.17) is 16.2 Å². The summed E-state index contributed by atoms with van der Waals surface area (Å²) < 4.78 is 9.53. The standard InChI is InChI=1S/C9H12N2O3.C8H16/c1-13-8-4-7(11)6(10)3-5(8)9(12)14-2;1-8(2)6-4-3-5-7-8/h3-4H,10-11H2,1-2H3;3-7H2,1-2H3. The zero-order valence-corrected chi connectivity index (χ0v) is 14.1. The molecule has 0 radical (unpaired) electrons. The van der Waals surface area contributed by atoms with E-state index in [2.05, 4.69) is 18.6 Å². The van der Waals surface area contributed by atoms with E-state index in [0.717, 1.165) is 0 Å². The first-order valence-electron chi connectivity index (χ1n) is 7.62. The zero-order chi connectivity index (χ0) is 16.8. The molecule has 0 saturated heterocycles. The molecule has 1 aromatic carbocycles. The van der Waals surface area contributed by atoms with Gasteiger partial charge in [-0.1, -0.05) is 33.1 Å². The summed E-state index contributed by atoms with van der Waals surface area (Å²) in [5.41, 5.74) is 12.7. The van der Waals surface area contributed by atoms with E-state index in [1.807, 2.05) is 0 Å². The van der Waals surface area contributed by atoms with E-state index < -0.39 is 5.97 Å². The molecule has 5 nitrogen and oxygen atoms in total. The Morgan fingerprint density at radius 2 is 1.59 bits per heavy atom. The molecule has 0 amide bonds. The van der Waals surface area contributed by atoms with Crippen LogP contribution in [0.4, 0.5) is 11.4 Å². The first-order valence-corrected chi connectivity index (χ1v) is 7.62. The maximum atomic E-state index is 11.3. The molecule has 0 aromatic heterocycles. The van der Waals surface area contributed by atoms with E-state index in [-0.39, 0.29) is 5.56 Å². The number of carbonyl (C=O) groups is 1. The fourth-order valence-corrected chi connectivity index (χ4v) is 2.56. The fourth-order valence-electron chi connectivity index (χ4n) is 2.56. The van der Waals surface area contributed by atoms with Crippen molar-refractivity contribution in [2.75, 3.05) is 25.7 Å². The molecule has 4 N–H and O–H groups in total. The number of hydrogen-bond donors (Lipinski definition) is 2. The van der Waals surface area contributed by atoms with Crippen LogP contribution in [0.15, 0.2) is 12.1 Å². The number of anilines is 2. The molecule has 5 heteroatoms. The van der Waals surface area contributed by atoms with Crippen LogP contribution in [0.2, 0.25) is 0 Å². The molecular formula is C17H28N2O3. The van der Waals surface area contributed by atoms with Crippen LogP contribution in [0.1, 0.15) is 56.3 Å². The molecule has 0 heterocycles.